The Balaban J connectivity index is 2.15. The highest BCUT2D eigenvalue weighted by Gasteiger charge is 2.04. The van der Waals surface area contributed by atoms with E-state index in [1.165, 1.54) is 18.2 Å². The Morgan fingerprint density at radius 2 is 1.95 bits per heavy atom. The lowest BCUT2D eigenvalue weighted by atomic mass is 10.2. The van der Waals surface area contributed by atoms with Crippen molar-refractivity contribution in [3.8, 4) is 5.75 Å². The third-order valence-electron chi connectivity index (χ3n) is 2.66. The summed E-state index contributed by atoms with van der Waals surface area (Å²) in [6.07, 6.45) is 2.22. The van der Waals surface area contributed by atoms with Crippen molar-refractivity contribution in [3.05, 3.63) is 80.2 Å². The van der Waals surface area contributed by atoms with Gasteiger partial charge in [-0.3, -0.25) is 10.1 Å². The van der Waals surface area contributed by atoms with Gasteiger partial charge in [0.25, 0.3) is 0 Å². The maximum absolute atomic E-state index is 12.8. The van der Waals surface area contributed by atoms with E-state index >= 15 is 0 Å². The Morgan fingerprint density at radius 1 is 1.24 bits per heavy atom. The maximum Gasteiger partial charge on any atom is 0.235 e. The Kier molecular flexibility index (Phi) is 5.05. The molecule has 6 heteroatoms. The molecule has 0 bridgehead atoms. The fraction of sp³-hybridized carbons (Fsp3) is 0.0667. The summed E-state index contributed by atoms with van der Waals surface area (Å²) < 4.78 is 19.2. The Hall–Kier alpha value is -2.21. The van der Waals surface area contributed by atoms with E-state index in [0.717, 1.165) is 16.2 Å². The number of nitro groups is 1. The number of nitrogens with zero attached hydrogens (tertiary/aromatic N) is 1. The van der Waals surface area contributed by atoms with Crippen LogP contribution >= 0.6 is 15.9 Å². The zero-order chi connectivity index (χ0) is 15.2. The first-order valence-electron chi connectivity index (χ1n) is 6.03. The van der Waals surface area contributed by atoms with Crippen LogP contribution in [-0.2, 0) is 6.61 Å². The van der Waals surface area contributed by atoms with E-state index in [1.54, 1.807) is 30.3 Å². The van der Waals surface area contributed by atoms with Crippen LogP contribution in [0.15, 0.2) is 53.1 Å². The molecule has 108 valence electrons. The van der Waals surface area contributed by atoms with Gasteiger partial charge in [-0.05, 0) is 35.9 Å². The van der Waals surface area contributed by atoms with E-state index in [-0.39, 0.29) is 12.4 Å². The van der Waals surface area contributed by atoms with Gasteiger partial charge in [0.1, 0.15) is 18.2 Å². The lowest BCUT2D eigenvalue weighted by molar-refractivity contribution is -0.400. The normalized spacial score (nSPS) is 10.8. The van der Waals surface area contributed by atoms with Gasteiger partial charge in [0.15, 0.2) is 0 Å². The molecule has 0 heterocycles. The van der Waals surface area contributed by atoms with E-state index in [9.17, 15) is 14.5 Å². The number of rotatable bonds is 5. The number of hydrogen-bond donors (Lipinski definition) is 0. The van der Waals surface area contributed by atoms with Crippen molar-refractivity contribution in [2.75, 3.05) is 0 Å². The summed E-state index contributed by atoms with van der Waals surface area (Å²) in [5.74, 6) is 0.206. The van der Waals surface area contributed by atoms with Crippen molar-refractivity contribution in [3.63, 3.8) is 0 Å². The Labute approximate surface area is 129 Å². The average molecular weight is 352 g/mol. The van der Waals surface area contributed by atoms with Gasteiger partial charge in [-0.15, -0.1) is 0 Å². The second kappa shape index (κ2) is 6.99. The number of halogens is 2. The molecule has 2 rings (SSSR count). The van der Waals surface area contributed by atoms with Gasteiger partial charge in [0.05, 0.1) is 4.92 Å². The van der Waals surface area contributed by atoms with Crippen molar-refractivity contribution in [1.82, 2.24) is 0 Å². The molecule has 0 fully saturated rings. The molecular formula is C15H11BrFNO3. The van der Waals surface area contributed by atoms with Gasteiger partial charge in [0, 0.05) is 16.1 Å². The van der Waals surface area contributed by atoms with Crippen LogP contribution in [0.1, 0.15) is 11.1 Å². The molecule has 0 aliphatic rings. The quantitative estimate of drug-likeness (QED) is 0.592. The molecule has 0 radical (unpaired) electrons. The van der Waals surface area contributed by atoms with Crippen LogP contribution in [0.4, 0.5) is 4.39 Å². The molecule has 0 aliphatic carbocycles. The van der Waals surface area contributed by atoms with Crippen molar-refractivity contribution in [2.45, 2.75) is 6.61 Å². The topological polar surface area (TPSA) is 52.4 Å². The highest BCUT2D eigenvalue weighted by atomic mass is 79.9. The molecule has 0 saturated carbocycles. The zero-order valence-electron chi connectivity index (χ0n) is 10.8. The predicted molar refractivity (Wildman–Crippen MR) is 80.9 cm³/mol. The van der Waals surface area contributed by atoms with Gasteiger partial charge in [-0.2, -0.15) is 0 Å². The van der Waals surface area contributed by atoms with E-state index < -0.39 is 4.92 Å². The standard InChI is InChI=1S/C15H11BrFNO3/c16-13-3-6-15(12(9-13)7-8-18(19)20)21-10-11-1-4-14(17)5-2-11/h1-9H,10H2/b8-7+. The first kappa shape index (κ1) is 15.2. The molecule has 21 heavy (non-hydrogen) atoms. The average Bonchev–Trinajstić information content (AvgIpc) is 2.45. The van der Waals surface area contributed by atoms with E-state index in [4.69, 9.17) is 4.74 Å². The molecule has 0 aromatic heterocycles. The molecule has 0 amide bonds. The molecule has 2 aromatic rings. The smallest absolute Gasteiger partial charge is 0.235 e. The number of ether oxygens (including phenoxy) is 1. The molecule has 4 nitrogen and oxygen atoms in total. The van der Waals surface area contributed by atoms with E-state index in [0.29, 0.717) is 11.3 Å². The number of hydrogen-bond acceptors (Lipinski definition) is 3. The van der Waals surface area contributed by atoms with Crippen molar-refractivity contribution < 1.29 is 14.1 Å². The molecular weight excluding hydrogens is 341 g/mol. The molecule has 0 aliphatic heterocycles. The Morgan fingerprint density at radius 3 is 2.62 bits per heavy atom. The first-order chi connectivity index (χ1) is 10.0. The summed E-state index contributed by atoms with van der Waals surface area (Å²) in [5, 5.41) is 10.4. The second-order valence-electron chi connectivity index (χ2n) is 4.20. The van der Waals surface area contributed by atoms with Crippen LogP contribution in [0, 0.1) is 15.9 Å². The van der Waals surface area contributed by atoms with Crippen LogP contribution in [0.25, 0.3) is 6.08 Å². The summed E-state index contributed by atoms with van der Waals surface area (Å²) in [4.78, 5) is 9.87. The lowest BCUT2D eigenvalue weighted by Gasteiger charge is -2.09. The minimum Gasteiger partial charge on any atom is -0.488 e. The predicted octanol–water partition coefficient (Wildman–Crippen LogP) is 4.41. The summed E-state index contributed by atoms with van der Waals surface area (Å²) in [6, 6.07) is 11.2. The maximum atomic E-state index is 12.8. The molecule has 0 N–H and O–H groups in total. The van der Waals surface area contributed by atoms with Gasteiger partial charge in [0.2, 0.25) is 6.20 Å². The SMILES string of the molecule is O=[N+]([O-])/C=C/c1cc(Br)ccc1OCc1ccc(F)cc1. The highest BCUT2D eigenvalue weighted by Crippen LogP contribution is 2.25. The molecule has 0 saturated heterocycles. The zero-order valence-corrected chi connectivity index (χ0v) is 12.4. The minimum absolute atomic E-state index is 0.251. The largest absolute Gasteiger partial charge is 0.488 e. The van der Waals surface area contributed by atoms with Gasteiger partial charge in [-0.25, -0.2) is 4.39 Å². The van der Waals surface area contributed by atoms with Crippen molar-refractivity contribution in [1.29, 1.82) is 0 Å². The molecule has 0 atom stereocenters. The molecule has 0 spiro atoms. The lowest BCUT2D eigenvalue weighted by Crippen LogP contribution is -1.97. The van der Waals surface area contributed by atoms with Crippen molar-refractivity contribution >= 4 is 22.0 Å². The second-order valence-corrected chi connectivity index (χ2v) is 5.11. The van der Waals surface area contributed by atoms with Gasteiger partial charge >= 0.3 is 0 Å². The Bertz CT molecular complexity index is 671. The van der Waals surface area contributed by atoms with Gasteiger partial charge < -0.3 is 4.74 Å². The third kappa shape index (κ3) is 4.68. The summed E-state index contributed by atoms with van der Waals surface area (Å²) >= 11 is 3.31. The minimum atomic E-state index is -0.537. The summed E-state index contributed by atoms with van der Waals surface area (Å²) in [5.41, 5.74) is 1.40. The van der Waals surface area contributed by atoms with Gasteiger partial charge in [-0.1, -0.05) is 28.1 Å². The summed E-state index contributed by atoms with van der Waals surface area (Å²) in [6.45, 7) is 0.251. The van der Waals surface area contributed by atoms with Crippen LogP contribution in [-0.4, -0.2) is 4.92 Å². The fourth-order valence-corrected chi connectivity index (χ4v) is 2.04. The van der Waals surface area contributed by atoms with E-state index in [2.05, 4.69) is 15.9 Å². The number of benzene rings is 2. The monoisotopic (exact) mass is 351 g/mol. The van der Waals surface area contributed by atoms with E-state index in [1.807, 2.05) is 0 Å². The molecule has 0 unspecified atom stereocenters. The highest BCUT2D eigenvalue weighted by molar-refractivity contribution is 9.10. The van der Waals surface area contributed by atoms with Crippen molar-refractivity contribution in [2.24, 2.45) is 0 Å². The first-order valence-corrected chi connectivity index (χ1v) is 6.82. The van der Waals surface area contributed by atoms with Crippen LogP contribution in [0.3, 0.4) is 0 Å². The molecule has 2 aromatic carbocycles. The summed E-state index contributed by atoms with van der Waals surface area (Å²) in [7, 11) is 0. The van der Waals surface area contributed by atoms with Crippen LogP contribution in [0.2, 0.25) is 0 Å². The fourth-order valence-electron chi connectivity index (χ4n) is 1.66. The van der Waals surface area contributed by atoms with Crippen LogP contribution in [0.5, 0.6) is 5.75 Å². The third-order valence-corrected chi connectivity index (χ3v) is 3.15. The van der Waals surface area contributed by atoms with Crippen LogP contribution < -0.4 is 4.74 Å².